The zero-order valence-electron chi connectivity index (χ0n) is 16.1. The third kappa shape index (κ3) is 3.33. The van der Waals surface area contributed by atoms with Crippen LogP contribution in [0.2, 0.25) is 0 Å². The van der Waals surface area contributed by atoms with Crippen molar-refractivity contribution < 1.29 is 28.5 Å². The maximum absolute atomic E-state index is 13.8. The maximum atomic E-state index is 13.8. The van der Waals surface area contributed by atoms with E-state index in [1.165, 1.54) is 26.4 Å². The number of halogens is 1. The first-order valence-electron chi connectivity index (χ1n) is 8.64. The van der Waals surface area contributed by atoms with Gasteiger partial charge in [-0.1, -0.05) is 6.07 Å². The normalized spacial score (nSPS) is 14.2. The number of allylic oxidation sites excluding steroid dienone is 2. The van der Waals surface area contributed by atoms with Gasteiger partial charge in [-0.2, -0.15) is 0 Å². The molecule has 1 aliphatic rings. The molecule has 0 saturated heterocycles. The SMILES string of the molecule is COc1ccc(C=C2C(C)=C(CC(=O)O)c3cc(F)ccc32)c(OC)c1OC. The van der Waals surface area contributed by atoms with E-state index in [4.69, 9.17) is 14.2 Å². The minimum absolute atomic E-state index is 0.178. The number of carboxylic acid groups (broad SMARTS) is 1. The Balaban J connectivity index is 2.22. The van der Waals surface area contributed by atoms with Crippen LogP contribution in [-0.4, -0.2) is 32.4 Å². The van der Waals surface area contributed by atoms with Crippen LogP contribution in [0.3, 0.4) is 0 Å². The van der Waals surface area contributed by atoms with Gasteiger partial charge >= 0.3 is 5.97 Å². The zero-order chi connectivity index (χ0) is 20.4. The first-order chi connectivity index (χ1) is 13.4. The number of ether oxygens (including phenoxy) is 3. The van der Waals surface area contributed by atoms with Crippen LogP contribution in [0.4, 0.5) is 4.39 Å². The summed E-state index contributed by atoms with van der Waals surface area (Å²) in [4.78, 5) is 11.3. The van der Waals surface area contributed by atoms with Crippen LogP contribution in [0.25, 0.3) is 17.2 Å². The van der Waals surface area contributed by atoms with E-state index in [1.807, 2.05) is 19.1 Å². The van der Waals surface area contributed by atoms with Gasteiger partial charge in [0.2, 0.25) is 5.75 Å². The molecule has 1 N–H and O–H groups in total. The maximum Gasteiger partial charge on any atom is 0.307 e. The fourth-order valence-corrected chi connectivity index (χ4v) is 3.53. The summed E-state index contributed by atoms with van der Waals surface area (Å²) >= 11 is 0. The molecule has 28 heavy (non-hydrogen) atoms. The molecule has 0 fully saturated rings. The second-order valence-electron chi connectivity index (χ2n) is 6.35. The minimum atomic E-state index is -0.963. The number of carbonyl (C=O) groups is 1. The van der Waals surface area contributed by atoms with Crippen LogP contribution in [-0.2, 0) is 4.79 Å². The molecule has 0 unspecified atom stereocenters. The van der Waals surface area contributed by atoms with Crippen molar-refractivity contribution in [2.75, 3.05) is 21.3 Å². The van der Waals surface area contributed by atoms with Crippen LogP contribution in [0.15, 0.2) is 35.9 Å². The molecule has 3 rings (SSSR count). The summed E-state index contributed by atoms with van der Waals surface area (Å²) in [5.74, 6) is 0.129. The molecule has 0 spiro atoms. The van der Waals surface area contributed by atoms with Gasteiger partial charge < -0.3 is 19.3 Å². The van der Waals surface area contributed by atoms with E-state index in [1.54, 1.807) is 19.2 Å². The number of rotatable bonds is 6. The molecular weight excluding hydrogens is 363 g/mol. The first kappa shape index (κ1) is 19.5. The third-order valence-corrected chi connectivity index (χ3v) is 4.82. The summed E-state index contributed by atoms with van der Waals surface area (Å²) in [6.07, 6.45) is 1.71. The van der Waals surface area contributed by atoms with Crippen LogP contribution in [0.5, 0.6) is 17.2 Å². The standard InChI is InChI=1S/C22H21FO5/c1-12-16(9-13-5-8-19(26-2)22(28-4)21(13)27-3)15-7-6-14(23)10-18(15)17(12)11-20(24)25/h5-10H,11H2,1-4H3,(H,24,25). The Bertz CT molecular complexity index is 1000. The highest BCUT2D eigenvalue weighted by Gasteiger charge is 2.26. The Morgan fingerprint density at radius 2 is 1.75 bits per heavy atom. The highest BCUT2D eigenvalue weighted by Crippen LogP contribution is 2.46. The smallest absolute Gasteiger partial charge is 0.307 e. The minimum Gasteiger partial charge on any atom is -0.493 e. The topological polar surface area (TPSA) is 65.0 Å². The molecule has 0 saturated carbocycles. The summed E-state index contributed by atoms with van der Waals surface area (Å²) in [7, 11) is 4.61. The van der Waals surface area contributed by atoms with Crippen molar-refractivity contribution in [3.8, 4) is 17.2 Å². The Kier molecular flexibility index (Phi) is 5.40. The van der Waals surface area contributed by atoms with Gasteiger partial charge in [0.05, 0.1) is 27.8 Å². The number of aliphatic carboxylic acids is 1. The predicted molar refractivity (Wildman–Crippen MR) is 105 cm³/mol. The lowest BCUT2D eigenvalue weighted by atomic mass is 10.00. The average molecular weight is 384 g/mol. The molecule has 2 aromatic rings. The van der Waals surface area contributed by atoms with Crippen LogP contribution >= 0.6 is 0 Å². The Morgan fingerprint density at radius 1 is 1.04 bits per heavy atom. The predicted octanol–water partition coefficient (Wildman–Crippen LogP) is 4.65. The van der Waals surface area contributed by atoms with E-state index >= 15 is 0 Å². The number of hydrogen-bond acceptors (Lipinski definition) is 4. The fourth-order valence-electron chi connectivity index (χ4n) is 3.53. The summed E-state index contributed by atoms with van der Waals surface area (Å²) in [6.45, 7) is 1.84. The van der Waals surface area contributed by atoms with Crippen molar-refractivity contribution in [2.24, 2.45) is 0 Å². The molecule has 2 aromatic carbocycles. The second kappa shape index (κ2) is 7.76. The number of hydrogen-bond donors (Lipinski definition) is 1. The van der Waals surface area contributed by atoms with Crippen molar-refractivity contribution in [1.82, 2.24) is 0 Å². The summed E-state index contributed by atoms with van der Waals surface area (Å²) in [6, 6.07) is 8.02. The molecule has 1 aliphatic carbocycles. The highest BCUT2D eigenvalue weighted by atomic mass is 19.1. The number of methoxy groups -OCH3 is 3. The van der Waals surface area contributed by atoms with Gasteiger partial charge in [-0.05, 0) is 65.1 Å². The van der Waals surface area contributed by atoms with E-state index < -0.39 is 11.8 Å². The monoisotopic (exact) mass is 384 g/mol. The second-order valence-corrected chi connectivity index (χ2v) is 6.35. The van der Waals surface area contributed by atoms with Gasteiger partial charge in [0, 0.05) is 5.56 Å². The Morgan fingerprint density at radius 3 is 2.36 bits per heavy atom. The van der Waals surface area contributed by atoms with Gasteiger partial charge in [0.15, 0.2) is 11.5 Å². The summed E-state index contributed by atoms with van der Waals surface area (Å²) < 4.78 is 30.1. The van der Waals surface area contributed by atoms with Gasteiger partial charge in [0.1, 0.15) is 5.82 Å². The lowest BCUT2D eigenvalue weighted by Gasteiger charge is -2.15. The number of benzene rings is 2. The van der Waals surface area contributed by atoms with E-state index in [0.717, 1.165) is 22.3 Å². The molecule has 146 valence electrons. The van der Waals surface area contributed by atoms with Crippen molar-refractivity contribution in [1.29, 1.82) is 0 Å². The van der Waals surface area contributed by atoms with Crippen molar-refractivity contribution in [3.63, 3.8) is 0 Å². The lowest BCUT2D eigenvalue weighted by molar-refractivity contribution is -0.135. The Hall–Kier alpha value is -3.28. The molecule has 0 amide bonds. The van der Waals surface area contributed by atoms with Crippen LogP contribution in [0.1, 0.15) is 30.0 Å². The third-order valence-electron chi connectivity index (χ3n) is 4.82. The average Bonchev–Trinajstić information content (AvgIpc) is 2.92. The fraction of sp³-hybridized carbons (Fsp3) is 0.227. The van der Waals surface area contributed by atoms with Gasteiger partial charge in [0.25, 0.3) is 0 Å². The van der Waals surface area contributed by atoms with Gasteiger partial charge in [-0.3, -0.25) is 4.79 Å². The molecule has 0 heterocycles. The van der Waals surface area contributed by atoms with E-state index in [-0.39, 0.29) is 6.42 Å². The summed E-state index contributed by atoms with van der Waals surface area (Å²) in [5, 5.41) is 9.27. The molecule has 0 aromatic heterocycles. The van der Waals surface area contributed by atoms with Crippen LogP contribution in [0, 0.1) is 5.82 Å². The van der Waals surface area contributed by atoms with E-state index in [9.17, 15) is 14.3 Å². The number of fused-ring (bicyclic) bond motifs is 1. The molecular formula is C22H21FO5. The van der Waals surface area contributed by atoms with Crippen LogP contribution < -0.4 is 14.2 Å². The largest absolute Gasteiger partial charge is 0.493 e. The highest BCUT2D eigenvalue weighted by molar-refractivity contribution is 6.08. The quantitative estimate of drug-likeness (QED) is 0.785. The lowest BCUT2D eigenvalue weighted by Crippen LogP contribution is -1.97. The van der Waals surface area contributed by atoms with E-state index in [2.05, 4.69) is 0 Å². The van der Waals surface area contributed by atoms with Crippen molar-refractivity contribution in [3.05, 3.63) is 58.4 Å². The molecule has 0 atom stereocenters. The van der Waals surface area contributed by atoms with Crippen molar-refractivity contribution in [2.45, 2.75) is 13.3 Å². The van der Waals surface area contributed by atoms with E-state index in [0.29, 0.717) is 28.4 Å². The molecule has 0 radical (unpaired) electrons. The summed E-state index contributed by atoms with van der Waals surface area (Å²) in [5.41, 5.74) is 4.34. The molecule has 5 nitrogen and oxygen atoms in total. The number of carboxylic acids is 1. The Labute approximate surface area is 162 Å². The molecule has 0 aliphatic heterocycles. The van der Waals surface area contributed by atoms with Gasteiger partial charge in [-0.25, -0.2) is 4.39 Å². The zero-order valence-corrected chi connectivity index (χ0v) is 16.1. The van der Waals surface area contributed by atoms with Gasteiger partial charge in [-0.15, -0.1) is 0 Å². The van der Waals surface area contributed by atoms with Crippen molar-refractivity contribution >= 4 is 23.2 Å². The molecule has 0 bridgehead atoms. The first-order valence-corrected chi connectivity index (χ1v) is 8.64. The molecule has 6 heteroatoms.